The summed E-state index contributed by atoms with van der Waals surface area (Å²) in [7, 11) is 1.62. The highest BCUT2D eigenvalue weighted by atomic mass is 79.9. The van der Waals surface area contributed by atoms with E-state index < -0.39 is 0 Å². The van der Waals surface area contributed by atoms with Crippen LogP contribution in [0.5, 0.6) is 17.5 Å². The third-order valence-corrected chi connectivity index (χ3v) is 3.40. The fourth-order valence-corrected chi connectivity index (χ4v) is 2.12. The number of hydrogen-bond acceptors (Lipinski definition) is 5. The maximum atomic E-state index is 5.64. The van der Waals surface area contributed by atoms with Gasteiger partial charge in [-0.2, -0.15) is 0 Å². The molecule has 0 spiro atoms. The van der Waals surface area contributed by atoms with Gasteiger partial charge >= 0.3 is 6.01 Å². The van der Waals surface area contributed by atoms with Gasteiger partial charge in [0.2, 0.25) is 0 Å². The van der Waals surface area contributed by atoms with Crippen LogP contribution in [0.25, 0.3) is 0 Å². The highest BCUT2D eigenvalue weighted by Crippen LogP contribution is 2.31. The molecule has 112 valence electrons. The minimum Gasteiger partial charge on any atom is -0.497 e. The topological polar surface area (TPSA) is 56.3 Å². The molecule has 0 bridgehead atoms. The lowest BCUT2D eigenvalue weighted by Gasteiger charge is -2.08. The third-order valence-electron chi connectivity index (χ3n) is 2.78. The first-order valence-corrected chi connectivity index (χ1v) is 7.55. The minimum absolute atomic E-state index is 0.320. The summed E-state index contributed by atoms with van der Waals surface area (Å²) in [6.07, 6.45) is 4.64. The fourth-order valence-electron chi connectivity index (χ4n) is 1.69. The molecule has 0 radical (unpaired) electrons. The molecular weight excluding hydrogens is 334 g/mol. The highest BCUT2D eigenvalue weighted by Gasteiger charge is 2.06. The van der Waals surface area contributed by atoms with Crippen LogP contribution < -0.4 is 14.8 Å². The molecular formula is C15H18BrN3O2. The van der Waals surface area contributed by atoms with Crippen LogP contribution >= 0.6 is 15.9 Å². The van der Waals surface area contributed by atoms with E-state index in [0.29, 0.717) is 11.8 Å². The summed E-state index contributed by atoms with van der Waals surface area (Å²) in [5.74, 6) is 1.40. The average Bonchev–Trinajstić information content (AvgIpc) is 2.51. The van der Waals surface area contributed by atoms with Crippen molar-refractivity contribution in [2.75, 3.05) is 13.7 Å². The molecule has 0 unspecified atom stereocenters. The quantitative estimate of drug-likeness (QED) is 0.773. The summed E-state index contributed by atoms with van der Waals surface area (Å²) >= 11 is 3.43. The van der Waals surface area contributed by atoms with Crippen LogP contribution in [0.2, 0.25) is 0 Å². The summed E-state index contributed by atoms with van der Waals surface area (Å²) in [6.45, 7) is 3.88. The number of nitrogens with zero attached hydrogens (tertiary/aromatic N) is 2. The Morgan fingerprint density at radius 1 is 1.24 bits per heavy atom. The van der Waals surface area contributed by atoms with E-state index in [1.54, 1.807) is 19.5 Å². The summed E-state index contributed by atoms with van der Waals surface area (Å²) < 4.78 is 11.6. The van der Waals surface area contributed by atoms with Crippen molar-refractivity contribution in [3.05, 3.63) is 40.6 Å². The van der Waals surface area contributed by atoms with Gasteiger partial charge in [-0.05, 0) is 47.1 Å². The van der Waals surface area contributed by atoms with Crippen molar-refractivity contribution in [2.24, 2.45) is 0 Å². The summed E-state index contributed by atoms with van der Waals surface area (Å²) in [5.41, 5.74) is 1.03. The Morgan fingerprint density at radius 2 is 2.00 bits per heavy atom. The van der Waals surface area contributed by atoms with E-state index in [2.05, 4.69) is 38.1 Å². The fraction of sp³-hybridized carbons (Fsp3) is 0.333. The van der Waals surface area contributed by atoms with E-state index in [4.69, 9.17) is 9.47 Å². The molecule has 2 aromatic rings. The molecule has 5 nitrogen and oxygen atoms in total. The van der Waals surface area contributed by atoms with E-state index in [1.165, 1.54) is 0 Å². The van der Waals surface area contributed by atoms with Crippen LogP contribution in [0.1, 0.15) is 18.9 Å². The molecule has 0 aliphatic carbocycles. The second-order valence-corrected chi connectivity index (χ2v) is 5.30. The first kappa shape index (κ1) is 15.7. The van der Waals surface area contributed by atoms with Gasteiger partial charge in [0.1, 0.15) is 11.5 Å². The predicted octanol–water partition coefficient (Wildman–Crippen LogP) is 3.54. The van der Waals surface area contributed by atoms with Gasteiger partial charge in [0.05, 0.1) is 11.6 Å². The van der Waals surface area contributed by atoms with Crippen LogP contribution in [0, 0.1) is 0 Å². The number of methoxy groups -OCH3 is 1. The Hall–Kier alpha value is -1.66. The molecule has 0 atom stereocenters. The third kappa shape index (κ3) is 4.68. The second kappa shape index (κ2) is 7.95. The summed E-state index contributed by atoms with van der Waals surface area (Å²) in [5, 5.41) is 3.30. The zero-order chi connectivity index (χ0) is 15.1. The molecule has 1 N–H and O–H groups in total. The van der Waals surface area contributed by atoms with Crippen LogP contribution in [0.4, 0.5) is 0 Å². The number of nitrogens with one attached hydrogen (secondary N) is 1. The van der Waals surface area contributed by atoms with E-state index in [1.807, 2.05) is 18.2 Å². The van der Waals surface area contributed by atoms with Gasteiger partial charge in [-0.25, -0.2) is 9.97 Å². The standard InChI is InChI=1S/C15H18BrN3O2/c1-3-6-17-8-11-9-18-15(19-10-11)21-14-5-4-12(20-2)7-13(14)16/h4-5,7,9-10,17H,3,6,8H2,1-2H3. The number of rotatable bonds is 7. The molecule has 0 saturated heterocycles. The van der Waals surface area contributed by atoms with Gasteiger partial charge in [0.25, 0.3) is 0 Å². The lowest BCUT2D eigenvalue weighted by atomic mass is 10.3. The average molecular weight is 352 g/mol. The van der Waals surface area contributed by atoms with Crippen molar-refractivity contribution in [3.63, 3.8) is 0 Å². The normalized spacial score (nSPS) is 10.4. The molecule has 1 aromatic carbocycles. The zero-order valence-electron chi connectivity index (χ0n) is 12.1. The summed E-state index contributed by atoms with van der Waals surface area (Å²) in [4.78, 5) is 8.42. The van der Waals surface area contributed by atoms with Gasteiger partial charge in [-0.15, -0.1) is 0 Å². The van der Waals surface area contributed by atoms with Crippen molar-refractivity contribution in [1.29, 1.82) is 0 Å². The first-order chi connectivity index (χ1) is 10.2. The molecule has 21 heavy (non-hydrogen) atoms. The Labute approximate surface area is 132 Å². The van der Waals surface area contributed by atoms with Crippen molar-refractivity contribution in [2.45, 2.75) is 19.9 Å². The van der Waals surface area contributed by atoms with E-state index >= 15 is 0 Å². The van der Waals surface area contributed by atoms with Crippen molar-refractivity contribution in [1.82, 2.24) is 15.3 Å². The van der Waals surface area contributed by atoms with Crippen LogP contribution in [-0.4, -0.2) is 23.6 Å². The van der Waals surface area contributed by atoms with E-state index in [9.17, 15) is 0 Å². The number of ether oxygens (including phenoxy) is 2. The van der Waals surface area contributed by atoms with Gasteiger partial charge in [-0.1, -0.05) is 6.92 Å². The molecule has 6 heteroatoms. The van der Waals surface area contributed by atoms with E-state index in [0.717, 1.165) is 35.3 Å². The predicted molar refractivity (Wildman–Crippen MR) is 84.8 cm³/mol. The maximum Gasteiger partial charge on any atom is 0.321 e. The number of aromatic nitrogens is 2. The Kier molecular flexibility index (Phi) is 5.95. The Morgan fingerprint density at radius 3 is 2.62 bits per heavy atom. The largest absolute Gasteiger partial charge is 0.497 e. The van der Waals surface area contributed by atoms with Gasteiger partial charge < -0.3 is 14.8 Å². The molecule has 1 heterocycles. The second-order valence-electron chi connectivity index (χ2n) is 4.45. The monoisotopic (exact) mass is 351 g/mol. The first-order valence-electron chi connectivity index (χ1n) is 6.76. The number of halogens is 1. The van der Waals surface area contributed by atoms with Crippen molar-refractivity contribution in [3.8, 4) is 17.5 Å². The Bertz CT molecular complexity index is 576. The summed E-state index contributed by atoms with van der Waals surface area (Å²) in [6, 6.07) is 5.78. The van der Waals surface area contributed by atoms with Crippen LogP contribution in [-0.2, 0) is 6.54 Å². The molecule has 0 amide bonds. The molecule has 0 saturated carbocycles. The van der Waals surface area contributed by atoms with E-state index in [-0.39, 0.29) is 0 Å². The molecule has 1 aromatic heterocycles. The molecule has 0 aliphatic rings. The molecule has 2 rings (SSSR count). The SMILES string of the molecule is CCCNCc1cnc(Oc2ccc(OC)cc2Br)nc1. The minimum atomic E-state index is 0.320. The smallest absolute Gasteiger partial charge is 0.321 e. The number of hydrogen-bond donors (Lipinski definition) is 1. The zero-order valence-corrected chi connectivity index (χ0v) is 13.7. The van der Waals surface area contributed by atoms with Crippen LogP contribution in [0.15, 0.2) is 35.1 Å². The maximum absolute atomic E-state index is 5.64. The van der Waals surface area contributed by atoms with Crippen LogP contribution in [0.3, 0.4) is 0 Å². The van der Waals surface area contributed by atoms with Gasteiger partial charge in [0.15, 0.2) is 0 Å². The van der Waals surface area contributed by atoms with Crippen molar-refractivity contribution < 1.29 is 9.47 Å². The van der Waals surface area contributed by atoms with Gasteiger partial charge in [0, 0.05) is 24.5 Å². The number of benzene rings is 1. The lowest BCUT2D eigenvalue weighted by molar-refractivity contribution is 0.409. The molecule has 0 fully saturated rings. The lowest BCUT2D eigenvalue weighted by Crippen LogP contribution is -2.14. The van der Waals surface area contributed by atoms with Gasteiger partial charge in [-0.3, -0.25) is 0 Å². The Balaban J connectivity index is 1.99. The molecule has 0 aliphatic heterocycles. The highest BCUT2D eigenvalue weighted by molar-refractivity contribution is 9.10. The van der Waals surface area contributed by atoms with Crippen molar-refractivity contribution >= 4 is 15.9 Å².